The molecule has 3 aromatic carbocycles. The van der Waals surface area contributed by atoms with Crippen LogP contribution in [0.15, 0.2) is 77.7 Å². The fraction of sp³-hybridized carbons (Fsp3) is 0.208. The average Bonchev–Trinajstić information content (AvgIpc) is 2.76. The quantitative estimate of drug-likeness (QED) is 0.500. The van der Waals surface area contributed by atoms with Gasteiger partial charge in [0.1, 0.15) is 12.4 Å². The van der Waals surface area contributed by atoms with Gasteiger partial charge >= 0.3 is 0 Å². The van der Waals surface area contributed by atoms with Gasteiger partial charge in [-0.2, -0.15) is 0 Å². The first-order valence-electron chi connectivity index (χ1n) is 9.97. The molecule has 0 aromatic heterocycles. The van der Waals surface area contributed by atoms with Crippen molar-refractivity contribution in [2.24, 2.45) is 0 Å². The second-order valence-electron chi connectivity index (χ2n) is 7.21. The normalized spacial score (nSPS) is 11.2. The average molecular weight is 439 g/mol. The Kier molecular flexibility index (Phi) is 7.44. The summed E-state index contributed by atoms with van der Waals surface area (Å²) >= 11 is 0. The van der Waals surface area contributed by atoms with Crippen LogP contribution in [0.4, 0.5) is 0 Å². The summed E-state index contributed by atoms with van der Waals surface area (Å²) in [5.41, 5.74) is 2.79. The van der Waals surface area contributed by atoms with Crippen molar-refractivity contribution in [1.82, 2.24) is 10.0 Å². The Morgan fingerprint density at radius 3 is 2.45 bits per heavy atom. The van der Waals surface area contributed by atoms with Crippen molar-refractivity contribution in [1.29, 1.82) is 0 Å². The van der Waals surface area contributed by atoms with E-state index in [0.717, 1.165) is 16.9 Å². The Labute approximate surface area is 183 Å². The molecule has 3 rings (SSSR count). The summed E-state index contributed by atoms with van der Waals surface area (Å²) in [5, 5.41) is 2.76. The lowest BCUT2D eigenvalue weighted by Gasteiger charge is -2.12. The van der Waals surface area contributed by atoms with Gasteiger partial charge in [-0.15, -0.1) is 0 Å². The maximum absolute atomic E-state index is 12.8. The third kappa shape index (κ3) is 6.41. The lowest BCUT2D eigenvalue weighted by atomic mass is 10.1. The van der Waals surface area contributed by atoms with Crippen LogP contribution in [-0.4, -0.2) is 27.5 Å². The molecule has 0 fully saturated rings. The van der Waals surface area contributed by atoms with Crippen molar-refractivity contribution >= 4 is 15.9 Å². The number of carbonyl (C=O) groups is 1. The van der Waals surface area contributed by atoms with Gasteiger partial charge in [0.25, 0.3) is 5.91 Å². The zero-order chi connectivity index (χ0) is 22.3. The van der Waals surface area contributed by atoms with E-state index in [9.17, 15) is 13.2 Å². The number of aryl methyl sites for hydroxylation is 2. The number of nitrogens with one attached hydrogen (secondary N) is 2. The predicted octanol–water partition coefficient (Wildman–Crippen LogP) is 3.59. The van der Waals surface area contributed by atoms with Crippen LogP contribution >= 0.6 is 0 Å². The smallest absolute Gasteiger partial charge is 0.251 e. The molecule has 0 heterocycles. The Morgan fingerprint density at radius 2 is 1.71 bits per heavy atom. The van der Waals surface area contributed by atoms with E-state index in [2.05, 4.69) is 10.0 Å². The largest absolute Gasteiger partial charge is 0.492 e. The molecule has 2 N–H and O–H groups in total. The van der Waals surface area contributed by atoms with Gasteiger partial charge in [0.05, 0.1) is 11.4 Å². The molecule has 3 aromatic rings. The van der Waals surface area contributed by atoms with Gasteiger partial charge in [0.15, 0.2) is 0 Å². The SMILES string of the molecule is Cc1cccc(OCCNC(=O)c2ccc(C)c(S(=O)(=O)NCc3ccccc3)c2)c1. The van der Waals surface area contributed by atoms with Gasteiger partial charge in [-0.25, -0.2) is 13.1 Å². The van der Waals surface area contributed by atoms with Gasteiger partial charge in [0.2, 0.25) is 10.0 Å². The highest BCUT2D eigenvalue weighted by Gasteiger charge is 2.19. The van der Waals surface area contributed by atoms with Crippen molar-refractivity contribution in [2.75, 3.05) is 13.2 Å². The molecule has 0 aliphatic rings. The van der Waals surface area contributed by atoms with E-state index < -0.39 is 10.0 Å². The van der Waals surface area contributed by atoms with E-state index in [1.165, 1.54) is 6.07 Å². The molecule has 0 aliphatic heterocycles. The van der Waals surface area contributed by atoms with Gasteiger partial charge in [-0.1, -0.05) is 48.5 Å². The second kappa shape index (κ2) is 10.2. The summed E-state index contributed by atoms with van der Waals surface area (Å²) in [7, 11) is -3.77. The molecule has 0 saturated carbocycles. The van der Waals surface area contributed by atoms with Crippen LogP contribution < -0.4 is 14.8 Å². The van der Waals surface area contributed by atoms with Crippen LogP contribution in [0.25, 0.3) is 0 Å². The first kappa shape index (κ1) is 22.5. The van der Waals surface area contributed by atoms with Crippen LogP contribution in [-0.2, 0) is 16.6 Å². The summed E-state index contributed by atoms with van der Waals surface area (Å²) < 4.78 is 33.8. The minimum absolute atomic E-state index is 0.0899. The van der Waals surface area contributed by atoms with Crippen LogP contribution in [0.3, 0.4) is 0 Å². The number of ether oxygens (including phenoxy) is 1. The highest BCUT2D eigenvalue weighted by Crippen LogP contribution is 2.18. The molecule has 0 spiro atoms. The van der Waals surface area contributed by atoms with Crippen molar-refractivity contribution in [3.05, 3.63) is 95.1 Å². The van der Waals surface area contributed by atoms with Crippen molar-refractivity contribution in [2.45, 2.75) is 25.3 Å². The van der Waals surface area contributed by atoms with E-state index in [-0.39, 0.29) is 22.9 Å². The standard InChI is InChI=1S/C24H26N2O4S/c1-18-7-6-10-22(15-18)30-14-13-25-24(27)21-12-11-19(2)23(16-21)31(28,29)26-17-20-8-4-3-5-9-20/h3-12,15-16,26H,13-14,17H2,1-2H3,(H,25,27). The van der Waals surface area contributed by atoms with Gasteiger partial charge in [-0.3, -0.25) is 4.79 Å². The van der Waals surface area contributed by atoms with Crippen LogP contribution in [0.2, 0.25) is 0 Å². The molecule has 0 bridgehead atoms. The number of benzene rings is 3. The molecule has 162 valence electrons. The Bertz CT molecular complexity index is 1150. The second-order valence-corrected chi connectivity index (χ2v) is 8.95. The summed E-state index contributed by atoms with van der Waals surface area (Å²) in [6, 6.07) is 21.6. The minimum atomic E-state index is -3.77. The fourth-order valence-electron chi connectivity index (χ4n) is 3.02. The van der Waals surface area contributed by atoms with E-state index in [1.54, 1.807) is 19.1 Å². The minimum Gasteiger partial charge on any atom is -0.492 e. The van der Waals surface area contributed by atoms with Gasteiger partial charge in [0, 0.05) is 12.1 Å². The monoisotopic (exact) mass is 438 g/mol. The van der Waals surface area contributed by atoms with E-state index in [4.69, 9.17) is 4.74 Å². The summed E-state index contributed by atoms with van der Waals surface area (Å²) in [6.07, 6.45) is 0. The van der Waals surface area contributed by atoms with E-state index in [1.807, 2.05) is 61.5 Å². The molecule has 0 aliphatic carbocycles. The third-order valence-electron chi connectivity index (χ3n) is 4.69. The number of carbonyl (C=O) groups excluding carboxylic acids is 1. The molecule has 0 atom stereocenters. The Hall–Kier alpha value is -3.16. The molecule has 31 heavy (non-hydrogen) atoms. The molecule has 0 unspecified atom stereocenters. The number of sulfonamides is 1. The number of rotatable bonds is 9. The van der Waals surface area contributed by atoms with Crippen molar-refractivity contribution in [3.63, 3.8) is 0 Å². The zero-order valence-corrected chi connectivity index (χ0v) is 18.4. The summed E-state index contributed by atoms with van der Waals surface area (Å²) in [5.74, 6) is 0.384. The lowest BCUT2D eigenvalue weighted by Crippen LogP contribution is -2.29. The lowest BCUT2D eigenvalue weighted by molar-refractivity contribution is 0.0946. The van der Waals surface area contributed by atoms with Crippen LogP contribution in [0.1, 0.15) is 27.0 Å². The Balaban J connectivity index is 1.60. The molecule has 7 heteroatoms. The molecule has 0 radical (unpaired) electrons. The topological polar surface area (TPSA) is 84.5 Å². The summed E-state index contributed by atoms with van der Waals surface area (Å²) in [6.45, 7) is 4.47. The van der Waals surface area contributed by atoms with Crippen LogP contribution in [0, 0.1) is 13.8 Å². The third-order valence-corrected chi connectivity index (χ3v) is 6.24. The fourth-order valence-corrected chi connectivity index (χ4v) is 4.31. The summed E-state index contributed by atoms with van der Waals surface area (Å²) in [4.78, 5) is 12.6. The highest BCUT2D eigenvalue weighted by molar-refractivity contribution is 7.89. The Morgan fingerprint density at radius 1 is 0.935 bits per heavy atom. The maximum atomic E-state index is 12.8. The first-order chi connectivity index (χ1) is 14.8. The maximum Gasteiger partial charge on any atom is 0.251 e. The van der Waals surface area contributed by atoms with Crippen LogP contribution in [0.5, 0.6) is 5.75 Å². The predicted molar refractivity (Wildman–Crippen MR) is 121 cm³/mol. The zero-order valence-electron chi connectivity index (χ0n) is 17.6. The van der Waals surface area contributed by atoms with Crippen molar-refractivity contribution in [3.8, 4) is 5.75 Å². The first-order valence-corrected chi connectivity index (χ1v) is 11.5. The molecular formula is C24H26N2O4S. The molecular weight excluding hydrogens is 412 g/mol. The highest BCUT2D eigenvalue weighted by atomic mass is 32.2. The van der Waals surface area contributed by atoms with Crippen molar-refractivity contribution < 1.29 is 17.9 Å². The van der Waals surface area contributed by atoms with E-state index >= 15 is 0 Å². The molecule has 1 amide bonds. The van der Waals surface area contributed by atoms with Gasteiger partial charge < -0.3 is 10.1 Å². The number of hydrogen-bond donors (Lipinski definition) is 2. The number of amides is 1. The van der Waals surface area contributed by atoms with Gasteiger partial charge in [-0.05, 0) is 54.8 Å². The molecule has 0 saturated heterocycles. The molecule has 6 nitrogen and oxygen atoms in total. The number of hydrogen-bond acceptors (Lipinski definition) is 4. The van der Waals surface area contributed by atoms with E-state index in [0.29, 0.717) is 18.7 Å².